The number of methoxy groups -OCH3 is 1. The summed E-state index contributed by atoms with van der Waals surface area (Å²) in [6.07, 6.45) is 5.29. The molecule has 4 heterocycles. The van der Waals surface area contributed by atoms with E-state index < -0.39 is 6.03 Å². The molecule has 2 N–H and O–H groups in total. The van der Waals surface area contributed by atoms with Crippen LogP contribution in [0.2, 0.25) is 0 Å². The number of aromatic nitrogens is 2. The van der Waals surface area contributed by atoms with Crippen LogP contribution in [0.5, 0.6) is 0 Å². The third-order valence-electron chi connectivity index (χ3n) is 7.10. The Labute approximate surface area is 227 Å². The Balaban J connectivity index is 1.52. The number of fused-ring (bicyclic) bond motifs is 1. The number of aldehydes is 1. The number of hydrogen-bond donors (Lipinski definition) is 2. The minimum Gasteiger partial charge on any atom is -0.383 e. The smallest absolute Gasteiger partial charge is 0.328 e. The lowest BCUT2D eigenvalue weighted by Gasteiger charge is -2.30. The van der Waals surface area contributed by atoms with E-state index in [0.29, 0.717) is 61.5 Å². The molecule has 2 aromatic rings. The lowest BCUT2D eigenvalue weighted by molar-refractivity contribution is -0.134. The summed E-state index contributed by atoms with van der Waals surface area (Å²) in [5.74, 6) is 0.716. The molecule has 0 unspecified atom stereocenters. The third kappa shape index (κ3) is 6.32. The number of nitriles is 1. The van der Waals surface area contributed by atoms with Crippen LogP contribution >= 0.6 is 0 Å². The van der Waals surface area contributed by atoms with Crippen LogP contribution in [0.25, 0.3) is 0 Å². The van der Waals surface area contributed by atoms with E-state index in [1.165, 1.54) is 11.1 Å². The minimum atomic E-state index is -0.440. The maximum absolute atomic E-state index is 13.3. The number of likely N-dealkylation sites (N-methyl/N-ethyl adjacent to an activating group) is 2. The average Bonchev–Trinajstić information content (AvgIpc) is 3.37. The number of nitrogens with zero attached hydrogens (tertiary/aromatic N) is 6. The summed E-state index contributed by atoms with van der Waals surface area (Å²) in [4.78, 5) is 52.2. The van der Waals surface area contributed by atoms with Gasteiger partial charge in [-0.15, -0.1) is 0 Å². The van der Waals surface area contributed by atoms with Crippen molar-refractivity contribution in [3.05, 3.63) is 40.7 Å². The van der Waals surface area contributed by atoms with E-state index in [1.807, 2.05) is 13.1 Å². The molecule has 0 radical (unpaired) electrons. The van der Waals surface area contributed by atoms with E-state index in [2.05, 4.69) is 31.6 Å². The van der Waals surface area contributed by atoms with Crippen molar-refractivity contribution in [1.29, 1.82) is 5.26 Å². The molecular formula is C27H34N8O4. The van der Waals surface area contributed by atoms with Crippen molar-refractivity contribution >= 4 is 35.5 Å². The van der Waals surface area contributed by atoms with Crippen LogP contribution in [-0.2, 0) is 22.5 Å². The van der Waals surface area contributed by atoms with Gasteiger partial charge < -0.3 is 15.0 Å². The molecule has 206 valence electrons. The van der Waals surface area contributed by atoms with E-state index in [1.54, 1.807) is 25.1 Å². The van der Waals surface area contributed by atoms with E-state index in [9.17, 15) is 19.6 Å². The molecule has 0 saturated carbocycles. The molecule has 12 heteroatoms. The monoisotopic (exact) mass is 534 g/mol. The van der Waals surface area contributed by atoms with Crippen LogP contribution in [-0.4, -0.2) is 91.5 Å². The zero-order chi connectivity index (χ0) is 27.9. The number of aryl methyl sites for hydroxylation is 1. The van der Waals surface area contributed by atoms with Gasteiger partial charge in [0.2, 0.25) is 5.91 Å². The maximum atomic E-state index is 13.3. The average molecular weight is 535 g/mol. The van der Waals surface area contributed by atoms with Crippen LogP contribution in [0.4, 0.5) is 22.1 Å². The fourth-order valence-electron chi connectivity index (χ4n) is 5.02. The number of carbonyl (C=O) groups excluding carboxylic acids is 3. The zero-order valence-electron chi connectivity index (χ0n) is 22.6. The van der Waals surface area contributed by atoms with Gasteiger partial charge in [0, 0.05) is 51.6 Å². The molecule has 39 heavy (non-hydrogen) atoms. The molecule has 0 bridgehead atoms. The Morgan fingerprint density at radius 1 is 1.31 bits per heavy atom. The first-order valence-corrected chi connectivity index (χ1v) is 13.0. The molecule has 0 aliphatic carbocycles. The molecule has 12 nitrogen and oxygen atoms in total. The van der Waals surface area contributed by atoms with Crippen molar-refractivity contribution < 1.29 is 19.1 Å². The molecule has 0 spiro atoms. The quantitative estimate of drug-likeness (QED) is 0.366. The lowest BCUT2D eigenvalue weighted by atomic mass is 10.0. The van der Waals surface area contributed by atoms with Crippen molar-refractivity contribution in [2.24, 2.45) is 0 Å². The van der Waals surface area contributed by atoms with Crippen molar-refractivity contribution in [1.82, 2.24) is 19.8 Å². The number of hydrogen-bond acceptors (Lipinski definition) is 9. The fraction of sp³-hybridized carbons (Fsp3) is 0.481. The molecule has 2 aliphatic heterocycles. The molecule has 2 aliphatic rings. The lowest BCUT2D eigenvalue weighted by Crippen LogP contribution is -2.42. The van der Waals surface area contributed by atoms with Crippen LogP contribution in [0.15, 0.2) is 18.3 Å². The molecule has 2 aromatic heterocycles. The molecule has 1 fully saturated rings. The molecule has 0 aromatic carbocycles. The predicted molar refractivity (Wildman–Crippen MR) is 146 cm³/mol. The second-order valence-electron chi connectivity index (χ2n) is 9.80. The number of carbonyl (C=O) groups is 3. The number of amides is 3. The maximum Gasteiger partial charge on any atom is 0.328 e. The Bertz CT molecular complexity index is 1280. The van der Waals surface area contributed by atoms with Gasteiger partial charge >= 0.3 is 6.03 Å². The van der Waals surface area contributed by atoms with Gasteiger partial charge in [-0.3, -0.25) is 24.7 Å². The number of likely N-dealkylation sites (tertiary alicyclic amines) is 1. The fourth-order valence-corrected chi connectivity index (χ4v) is 5.02. The first kappa shape index (κ1) is 27.9. The summed E-state index contributed by atoms with van der Waals surface area (Å²) in [5, 5.41) is 15.2. The number of anilines is 3. The number of pyridine rings is 2. The van der Waals surface area contributed by atoms with Crippen LogP contribution in [0.1, 0.15) is 46.4 Å². The highest BCUT2D eigenvalue weighted by Gasteiger charge is 2.31. The second-order valence-corrected chi connectivity index (χ2v) is 9.80. The normalized spacial score (nSPS) is 16.8. The van der Waals surface area contributed by atoms with Gasteiger partial charge in [-0.25, -0.2) is 14.8 Å². The summed E-state index contributed by atoms with van der Waals surface area (Å²) >= 11 is 0. The van der Waals surface area contributed by atoms with Crippen LogP contribution in [0, 0.1) is 11.3 Å². The van der Waals surface area contributed by atoms with Crippen LogP contribution < -0.4 is 15.5 Å². The van der Waals surface area contributed by atoms with E-state index in [4.69, 9.17) is 4.74 Å². The van der Waals surface area contributed by atoms with Crippen molar-refractivity contribution in [2.45, 2.75) is 38.3 Å². The Hall–Kier alpha value is -4.08. The largest absolute Gasteiger partial charge is 0.383 e. The van der Waals surface area contributed by atoms with Gasteiger partial charge in [-0.05, 0) is 50.9 Å². The summed E-state index contributed by atoms with van der Waals surface area (Å²) in [6.45, 7) is 2.52. The zero-order valence-corrected chi connectivity index (χ0v) is 22.6. The number of urea groups is 1. The van der Waals surface area contributed by atoms with Crippen molar-refractivity contribution in [2.75, 3.05) is 63.0 Å². The number of ether oxygens (including phenoxy) is 1. The third-order valence-corrected chi connectivity index (χ3v) is 7.10. The highest BCUT2D eigenvalue weighted by atomic mass is 16.5. The second kappa shape index (κ2) is 12.6. The molecule has 4 rings (SSSR count). The Morgan fingerprint density at radius 3 is 2.82 bits per heavy atom. The van der Waals surface area contributed by atoms with E-state index in [0.717, 1.165) is 24.9 Å². The minimum absolute atomic E-state index is 0.0246. The summed E-state index contributed by atoms with van der Waals surface area (Å²) in [7, 11) is 5.28. The SMILES string of the molecule is COCCNc1cc(NC(=O)N2CCCc3cc(CN(C)C(=O)[C@@H]4CCCN4C)c(C=O)nc32)ncc1C#N. The summed E-state index contributed by atoms with van der Waals surface area (Å²) in [6, 6.07) is 4.97. The first-order valence-electron chi connectivity index (χ1n) is 13.0. The first-order chi connectivity index (χ1) is 18.9. The Kier molecular flexibility index (Phi) is 9.06. The topological polar surface area (TPSA) is 144 Å². The molecule has 1 atom stereocenters. The van der Waals surface area contributed by atoms with Crippen molar-refractivity contribution in [3.63, 3.8) is 0 Å². The van der Waals surface area contributed by atoms with E-state index >= 15 is 0 Å². The number of rotatable bonds is 9. The summed E-state index contributed by atoms with van der Waals surface area (Å²) < 4.78 is 5.04. The van der Waals surface area contributed by atoms with Gasteiger partial charge in [0.1, 0.15) is 23.4 Å². The van der Waals surface area contributed by atoms with Gasteiger partial charge in [0.15, 0.2) is 6.29 Å². The van der Waals surface area contributed by atoms with Gasteiger partial charge in [-0.1, -0.05) is 0 Å². The summed E-state index contributed by atoms with van der Waals surface area (Å²) in [5.41, 5.74) is 2.58. The Morgan fingerprint density at radius 2 is 2.13 bits per heavy atom. The highest BCUT2D eigenvalue weighted by molar-refractivity contribution is 6.02. The molecule has 1 saturated heterocycles. The highest BCUT2D eigenvalue weighted by Crippen LogP contribution is 2.29. The molecular weight excluding hydrogens is 500 g/mol. The van der Waals surface area contributed by atoms with Gasteiger partial charge in [0.05, 0.1) is 23.9 Å². The van der Waals surface area contributed by atoms with Gasteiger partial charge in [0.25, 0.3) is 0 Å². The van der Waals surface area contributed by atoms with Crippen molar-refractivity contribution in [3.8, 4) is 6.07 Å². The predicted octanol–water partition coefficient (Wildman–Crippen LogP) is 2.26. The van der Waals surface area contributed by atoms with E-state index in [-0.39, 0.29) is 30.0 Å². The van der Waals surface area contributed by atoms with Gasteiger partial charge in [-0.2, -0.15) is 5.26 Å². The standard InChI is InChI=1S/C27H34N8O4/c1-33-9-5-7-23(33)26(37)34(2)16-19-12-18-6-4-10-35(25(18)31-22(19)17-36)27(38)32-24-13-21(29-8-11-39-3)20(14-28)15-30-24/h12-13,15,17,23H,4-11,16H2,1-3H3,(H2,29,30,32,38)/t23-/m0/s1. The van der Waals surface area contributed by atoms with Crippen LogP contribution in [0.3, 0.4) is 0 Å². The number of nitrogens with one attached hydrogen (secondary N) is 2. The molecule has 3 amide bonds.